The van der Waals surface area contributed by atoms with E-state index in [1.54, 1.807) is 25.0 Å². The SMILES string of the molecule is COCc1nn2c3c(nnc2c1-c1ccccc1OC)C(=O)C[C@H](c1ccco1)C3. The van der Waals surface area contributed by atoms with Gasteiger partial charge < -0.3 is 13.9 Å². The van der Waals surface area contributed by atoms with Crippen LogP contribution in [0.1, 0.15) is 40.0 Å². The maximum Gasteiger partial charge on any atom is 0.186 e. The highest BCUT2D eigenvalue weighted by molar-refractivity contribution is 5.97. The van der Waals surface area contributed by atoms with Gasteiger partial charge in [-0.25, -0.2) is 4.52 Å². The zero-order valence-corrected chi connectivity index (χ0v) is 16.7. The molecule has 152 valence electrons. The normalized spacial score (nSPS) is 16.1. The number of benzene rings is 1. The molecule has 3 heterocycles. The second kappa shape index (κ2) is 7.38. The number of carbonyl (C=O) groups excluding carboxylic acids is 1. The number of rotatable bonds is 5. The lowest BCUT2D eigenvalue weighted by atomic mass is 9.87. The summed E-state index contributed by atoms with van der Waals surface area (Å²) in [6.45, 7) is 0.293. The second-order valence-corrected chi connectivity index (χ2v) is 7.23. The molecule has 0 fully saturated rings. The largest absolute Gasteiger partial charge is 0.496 e. The van der Waals surface area contributed by atoms with Crippen LogP contribution in [-0.2, 0) is 17.8 Å². The minimum absolute atomic E-state index is 0.0582. The Morgan fingerprint density at radius 1 is 1.13 bits per heavy atom. The fourth-order valence-corrected chi connectivity index (χ4v) is 4.10. The number of furan rings is 1. The Morgan fingerprint density at radius 2 is 2.00 bits per heavy atom. The van der Waals surface area contributed by atoms with Gasteiger partial charge in [0.15, 0.2) is 17.1 Å². The van der Waals surface area contributed by atoms with Crippen molar-refractivity contribution in [2.75, 3.05) is 14.2 Å². The molecule has 3 aromatic heterocycles. The maximum absolute atomic E-state index is 12.8. The van der Waals surface area contributed by atoms with Crippen LogP contribution in [0.2, 0.25) is 0 Å². The molecule has 0 unspecified atom stereocenters. The van der Waals surface area contributed by atoms with Crippen LogP contribution in [0.25, 0.3) is 16.8 Å². The summed E-state index contributed by atoms with van der Waals surface area (Å²) in [6, 6.07) is 11.4. The van der Waals surface area contributed by atoms with Crippen LogP contribution in [0.15, 0.2) is 47.1 Å². The maximum atomic E-state index is 12.8. The molecule has 1 aliphatic carbocycles. The Kier molecular flexibility index (Phi) is 4.55. The van der Waals surface area contributed by atoms with E-state index in [0.717, 1.165) is 22.6 Å². The van der Waals surface area contributed by atoms with Gasteiger partial charge in [0, 0.05) is 31.4 Å². The third-order valence-corrected chi connectivity index (χ3v) is 5.45. The fraction of sp³-hybridized carbons (Fsp3) is 0.273. The Morgan fingerprint density at radius 3 is 2.77 bits per heavy atom. The smallest absolute Gasteiger partial charge is 0.186 e. The van der Waals surface area contributed by atoms with E-state index in [1.807, 2.05) is 36.4 Å². The Hall–Kier alpha value is -3.52. The number of hydrogen-bond acceptors (Lipinski definition) is 7. The number of ketones is 1. The van der Waals surface area contributed by atoms with Crippen LogP contribution < -0.4 is 4.74 Å². The molecule has 1 aliphatic rings. The molecular formula is C22H20N4O4. The van der Waals surface area contributed by atoms with Gasteiger partial charge in [-0.3, -0.25) is 4.79 Å². The first-order valence-electron chi connectivity index (χ1n) is 9.67. The molecule has 30 heavy (non-hydrogen) atoms. The van der Waals surface area contributed by atoms with Crippen molar-refractivity contribution in [3.63, 3.8) is 0 Å². The average Bonchev–Trinajstić information content (AvgIpc) is 3.42. The van der Waals surface area contributed by atoms with Gasteiger partial charge in [-0.15, -0.1) is 10.2 Å². The number of methoxy groups -OCH3 is 2. The van der Waals surface area contributed by atoms with Gasteiger partial charge in [0.05, 0.1) is 36.9 Å². The summed E-state index contributed by atoms with van der Waals surface area (Å²) in [7, 11) is 3.24. The zero-order chi connectivity index (χ0) is 20.7. The van der Waals surface area contributed by atoms with Gasteiger partial charge in [0.25, 0.3) is 0 Å². The number of para-hydroxylation sites is 1. The van der Waals surface area contributed by atoms with Gasteiger partial charge in [-0.05, 0) is 18.2 Å². The molecule has 8 heteroatoms. The van der Waals surface area contributed by atoms with E-state index in [4.69, 9.17) is 19.0 Å². The van der Waals surface area contributed by atoms with Crippen molar-refractivity contribution in [1.29, 1.82) is 0 Å². The van der Waals surface area contributed by atoms with Gasteiger partial charge in [0.2, 0.25) is 0 Å². The Balaban J connectivity index is 1.73. The van der Waals surface area contributed by atoms with E-state index >= 15 is 0 Å². The quantitative estimate of drug-likeness (QED) is 0.503. The molecule has 0 N–H and O–H groups in total. The highest BCUT2D eigenvalue weighted by Gasteiger charge is 2.33. The summed E-state index contributed by atoms with van der Waals surface area (Å²) < 4.78 is 18.2. The molecule has 0 spiro atoms. The third-order valence-electron chi connectivity index (χ3n) is 5.45. The molecular weight excluding hydrogens is 384 g/mol. The van der Waals surface area contributed by atoms with Crippen LogP contribution >= 0.6 is 0 Å². The lowest BCUT2D eigenvalue weighted by Gasteiger charge is -2.21. The fourth-order valence-electron chi connectivity index (χ4n) is 4.10. The highest BCUT2D eigenvalue weighted by atomic mass is 16.5. The van der Waals surface area contributed by atoms with Crippen molar-refractivity contribution < 1.29 is 18.7 Å². The summed E-state index contributed by atoms with van der Waals surface area (Å²) in [4.78, 5) is 12.8. The molecule has 1 atom stereocenters. The van der Waals surface area contributed by atoms with Gasteiger partial charge in [-0.2, -0.15) is 5.10 Å². The van der Waals surface area contributed by atoms with Gasteiger partial charge >= 0.3 is 0 Å². The molecule has 0 saturated heterocycles. The summed E-state index contributed by atoms with van der Waals surface area (Å²) in [6.07, 6.45) is 2.55. The molecule has 0 bridgehead atoms. The van der Waals surface area contributed by atoms with Crippen LogP contribution in [-0.4, -0.2) is 39.8 Å². The summed E-state index contributed by atoms with van der Waals surface area (Å²) in [5, 5.41) is 13.4. The first-order valence-corrected chi connectivity index (χ1v) is 9.67. The lowest BCUT2D eigenvalue weighted by Crippen LogP contribution is -2.24. The molecule has 8 nitrogen and oxygen atoms in total. The van der Waals surface area contributed by atoms with Gasteiger partial charge in [-0.1, -0.05) is 18.2 Å². The molecule has 0 radical (unpaired) electrons. The predicted octanol–water partition coefficient (Wildman–Crippen LogP) is 3.45. The van der Waals surface area contributed by atoms with Crippen molar-refractivity contribution in [3.8, 4) is 16.9 Å². The average molecular weight is 404 g/mol. The zero-order valence-electron chi connectivity index (χ0n) is 16.7. The second-order valence-electron chi connectivity index (χ2n) is 7.23. The molecule has 1 aromatic carbocycles. The number of fused-ring (bicyclic) bond motifs is 3. The van der Waals surface area contributed by atoms with E-state index in [2.05, 4.69) is 10.2 Å². The Labute approximate surface area is 172 Å². The molecule has 4 aromatic rings. The molecule has 5 rings (SSSR count). The standard InChI is InChI=1S/C22H20N4O4/c1-28-12-15-20(14-6-3-4-7-19(14)29-2)22-24-23-21-16(26(22)25-15)10-13(11-17(21)27)18-8-5-9-30-18/h3-9,13H,10-12H2,1-2H3/t13-/m1/s1. The van der Waals surface area contributed by atoms with E-state index in [-0.39, 0.29) is 11.7 Å². The molecule has 0 saturated carbocycles. The molecule has 0 aliphatic heterocycles. The monoisotopic (exact) mass is 404 g/mol. The number of nitrogens with zero attached hydrogens (tertiary/aromatic N) is 4. The van der Waals surface area contributed by atoms with Crippen LogP contribution in [0, 0.1) is 0 Å². The van der Waals surface area contributed by atoms with Crippen molar-refractivity contribution in [3.05, 3.63) is 65.5 Å². The number of ether oxygens (including phenoxy) is 2. The minimum Gasteiger partial charge on any atom is -0.496 e. The lowest BCUT2D eigenvalue weighted by molar-refractivity contribution is 0.0951. The topological polar surface area (TPSA) is 91.8 Å². The first-order chi connectivity index (χ1) is 14.7. The number of aromatic nitrogens is 4. The van der Waals surface area contributed by atoms with Crippen molar-refractivity contribution in [1.82, 2.24) is 19.8 Å². The van der Waals surface area contributed by atoms with E-state index in [1.165, 1.54) is 0 Å². The molecule has 0 amide bonds. The van der Waals surface area contributed by atoms with Crippen molar-refractivity contribution >= 4 is 11.4 Å². The summed E-state index contributed by atoms with van der Waals surface area (Å²) in [5.74, 6) is 1.37. The van der Waals surface area contributed by atoms with Gasteiger partial charge in [0.1, 0.15) is 11.5 Å². The van der Waals surface area contributed by atoms with Crippen LogP contribution in [0.3, 0.4) is 0 Å². The highest BCUT2D eigenvalue weighted by Crippen LogP contribution is 2.37. The van der Waals surface area contributed by atoms with Crippen molar-refractivity contribution in [2.45, 2.75) is 25.4 Å². The number of carbonyl (C=O) groups is 1. The predicted molar refractivity (Wildman–Crippen MR) is 108 cm³/mol. The van der Waals surface area contributed by atoms with E-state index < -0.39 is 0 Å². The van der Waals surface area contributed by atoms with Crippen LogP contribution in [0.5, 0.6) is 5.75 Å². The number of hydrogen-bond donors (Lipinski definition) is 0. The van der Waals surface area contributed by atoms with E-state index in [9.17, 15) is 4.79 Å². The Bertz CT molecular complexity index is 1230. The van der Waals surface area contributed by atoms with Crippen molar-refractivity contribution in [2.24, 2.45) is 0 Å². The summed E-state index contributed by atoms with van der Waals surface area (Å²) in [5.41, 5.74) is 4.01. The van der Waals surface area contributed by atoms with E-state index in [0.29, 0.717) is 42.2 Å². The van der Waals surface area contributed by atoms with Crippen LogP contribution in [0.4, 0.5) is 0 Å². The minimum atomic E-state index is -0.0605. The summed E-state index contributed by atoms with van der Waals surface area (Å²) >= 11 is 0. The third kappa shape index (κ3) is 2.88. The number of Topliss-reactive ketones (excluding diaryl/α,β-unsaturated/α-hetero) is 1. The first kappa shape index (κ1) is 18.5.